The van der Waals surface area contributed by atoms with Crippen LogP contribution in [0.25, 0.3) is 89.7 Å². The maximum Gasteiger partial charge on any atom is 2.00 e. The van der Waals surface area contributed by atoms with Crippen molar-refractivity contribution in [3.8, 4) is 91.5 Å². The third-order valence-electron chi connectivity index (χ3n) is 15.1. The van der Waals surface area contributed by atoms with Crippen molar-refractivity contribution < 1.29 is 38.4 Å². The minimum Gasteiger partial charge on any atom is -0.456 e. The van der Waals surface area contributed by atoms with Gasteiger partial charge in [0, 0.05) is 46.2 Å². The summed E-state index contributed by atoms with van der Waals surface area (Å²) >= 11 is 0. The number of aromatic amines is 2. The number of halogens is 1. The molecular formula is C68H67ClN12O4Zn+6. The molecule has 18 heteroatoms. The number of benzene rings is 8. The van der Waals surface area contributed by atoms with Gasteiger partial charge < -0.3 is 28.9 Å². The minimum absolute atomic E-state index is 0. The van der Waals surface area contributed by atoms with Crippen LogP contribution in [0.5, 0.6) is 46.0 Å². The standard InChI is InChI=1S/C68H66N12O4.ClH.Zn/c1-77(2,3)41-21-13-25-45(37-41)81-53-33-17-29-49-57(53)65-69-61(49)74-66-59-51(31-19-35-55(59)83-47-27-15-23-43(39-47)79(7,8)9)63(71-66)76-68-60-52(32-20-36-56(60)84-48-28-16-24-44(40-48)80(10,11)12)64(72-68)75-67-58-50(62(70-67)73-65)30-18-34-54(58)82-46-26-14-22-42(38-46)78(4,5)6;;/h13-40H,1-12H3,(H2,69,70,71,72,73,74,75,76);1H;/q+4;;+2. The van der Waals surface area contributed by atoms with Gasteiger partial charge in [0.05, 0.1) is 106 Å². The zero-order chi connectivity index (χ0) is 58.5. The number of nitrogens with zero attached hydrogens (tertiary/aromatic N) is 10. The van der Waals surface area contributed by atoms with Gasteiger partial charge in [-0.25, -0.2) is 29.9 Å². The third-order valence-corrected chi connectivity index (χ3v) is 15.1. The van der Waals surface area contributed by atoms with E-state index in [9.17, 15) is 0 Å². The molecule has 8 aromatic carbocycles. The van der Waals surface area contributed by atoms with Crippen molar-refractivity contribution in [3.05, 3.63) is 170 Å². The van der Waals surface area contributed by atoms with Crippen molar-refractivity contribution >= 4 is 79.3 Å². The number of hydrogen-bond donors (Lipinski definition) is 2. The Kier molecular flexibility index (Phi) is 15.2. The van der Waals surface area contributed by atoms with Gasteiger partial charge in [0.15, 0.2) is 23.3 Å². The second kappa shape index (κ2) is 22.2. The molecule has 13 rings (SSSR count). The van der Waals surface area contributed by atoms with Gasteiger partial charge in [0.2, 0.25) is 0 Å². The van der Waals surface area contributed by atoms with Crippen molar-refractivity contribution in [2.45, 2.75) is 0 Å². The van der Waals surface area contributed by atoms with Crippen molar-refractivity contribution in [2.75, 3.05) is 84.6 Å². The maximum atomic E-state index is 6.90. The summed E-state index contributed by atoms with van der Waals surface area (Å²) in [6.07, 6.45) is 0. The first-order valence-electron chi connectivity index (χ1n) is 27.8. The Labute approximate surface area is 518 Å². The zero-order valence-electron chi connectivity index (χ0n) is 50.4. The minimum atomic E-state index is 0. The molecule has 86 heavy (non-hydrogen) atoms. The first kappa shape index (κ1) is 58.8. The Morgan fingerprint density at radius 1 is 0.302 bits per heavy atom. The van der Waals surface area contributed by atoms with Crippen molar-refractivity contribution in [1.82, 2.24) is 57.8 Å². The number of ether oxygens (including phenoxy) is 4. The van der Waals surface area contributed by atoms with Crippen LogP contribution in [-0.2, 0) is 19.5 Å². The van der Waals surface area contributed by atoms with Crippen molar-refractivity contribution in [2.24, 2.45) is 0 Å². The molecule has 2 aliphatic rings. The molecule has 0 unspecified atom stereocenters. The third kappa shape index (κ3) is 11.3. The first-order valence-corrected chi connectivity index (χ1v) is 27.8. The number of quaternary nitrogens is 4. The van der Waals surface area contributed by atoms with E-state index in [1.165, 1.54) is 0 Å². The van der Waals surface area contributed by atoms with Crippen LogP contribution in [0.15, 0.2) is 170 Å². The van der Waals surface area contributed by atoms with Crippen LogP contribution in [0, 0.1) is 0 Å². The molecule has 0 atom stereocenters. The van der Waals surface area contributed by atoms with E-state index in [4.69, 9.17) is 48.9 Å². The van der Waals surface area contributed by atoms with Crippen LogP contribution >= 0.6 is 12.4 Å². The van der Waals surface area contributed by atoms with Crippen LogP contribution in [0.2, 0.25) is 0 Å². The number of H-pyrrole nitrogens is 2. The molecule has 5 heterocycles. The van der Waals surface area contributed by atoms with Crippen molar-refractivity contribution in [3.63, 3.8) is 0 Å². The predicted molar refractivity (Wildman–Crippen MR) is 348 cm³/mol. The van der Waals surface area contributed by atoms with Gasteiger partial charge in [0.25, 0.3) is 0 Å². The number of hydrogen-bond acceptors (Lipinski definition) is 10. The molecule has 0 aliphatic carbocycles. The molecular weight excluding hydrogens is 1150 g/mol. The summed E-state index contributed by atoms with van der Waals surface area (Å²) in [6, 6.07) is 56.1. The summed E-state index contributed by atoms with van der Waals surface area (Å²) in [5.41, 5.74) is 8.91. The van der Waals surface area contributed by atoms with Gasteiger partial charge in [0.1, 0.15) is 91.3 Å². The maximum absolute atomic E-state index is 6.90. The fraction of sp³-hybridized carbons (Fsp3) is 0.176. The largest absolute Gasteiger partial charge is 2.00 e. The average Bonchev–Trinajstić information content (AvgIpc) is 1.80. The molecule has 0 saturated carbocycles. The topological polar surface area (TPSA) is 146 Å². The number of nitrogens with one attached hydrogen (secondary N) is 2. The Morgan fingerprint density at radius 3 is 0.907 bits per heavy atom. The molecule has 8 bridgehead atoms. The monoisotopic (exact) mass is 1210 g/mol. The molecule has 16 nitrogen and oxygen atoms in total. The van der Waals surface area contributed by atoms with E-state index in [1.54, 1.807) is 0 Å². The predicted octanol–water partition coefficient (Wildman–Crippen LogP) is 15.2. The van der Waals surface area contributed by atoms with Crippen LogP contribution in [0.4, 0.5) is 22.7 Å². The molecule has 2 aliphatic heterocycles. The van der Waals surface area contributed by atoms with E-state index in [-0.39, 0.29) is 31.9 Å². The summed E-state index contributed by atoms with van der Waals surface area (Å²) in [4.78, 5) is 39.8. The van der Waals surface area contributed by atoms with Gasteiger partial charge in [-0.05, 0) is 72.8 Å². The normalized spacial score (nSPS) is 12.2. The zero-order valence-corrected chi connectivity index (χ0v) is 54.2. The van der Waals surface area contributed by atoms with E-state index in [0.717, 1.165) is 33.5 Å². The van der Waals surface area contributed by atoms with E-state index in [0.29, 0.717) is 143 Å². The van der Waals surface area contributed by atoms with E-state index >= 15 is 0 Å². The molecule has 0 fully saturated rings. The SMILES string of the molecule is C[N+](C)(C)c1cccc(Oc2cccc3c2-c2nc-3nc3[nH]c(nc4nc(nc5[nH]c(n2)c2cccc(Oc6cccc([N+](C)(C)C)c6)c52)-c2cccc(Oc5cccc([N+](C)(C)C)c5)c2-4)c2cccc(Oc4cccc([N+](C)(C)C)c4)c32)c1.Cl.[Zn+2]. The van der Waals surface area contributed by atoms with Gasteiger partial charge >= 0.3 is 19.5 Å². The summed E-state index contributed by atoms with van der Waals surface area (Å²) in [5.74, 6) is 6.42. The number of fused-ring (bicyclic) bond motifs is 20. The smallest absolute Gasteiger partial charge is 0.456 e. The summed E-state index contributed by atoms with van der Waals surface area (Å²) < 4.78 is 30.0. The van der Waals surface area contributed by atoms with Gasteiger partial charge in [-0.2, -0.15) is 0 Å². The fourth-order valence-electron chi connectivity index (χ4n) is 10.6. The van der Waals surface area contributed by atoms with E-state index in [2.05, 4.69) is 143 Å². The summed E-state index contributed by atoms with van der Waals surface area (Å²) in [7, 11) is 25.5. The second-order valence-electron chi connectivity index (χ2n) is 24.8. The van der Waals surface area contributed by atoms with Crippen molar-refractivity contribution in [1.29, 1.82) is 0 Å². The molecule has 0 radical (unpaired) electrons. The molecule has 0 amide bonds. The summed E-state index contributed by atoms with van der Waals surface area (Å²) in [5, 5.41) is 2.84. The molecule has 11 aromatic rings. The number of aromatic nitrogens is 8. The quantitative estimate of drug-likeness (QED) is 0.0895. The Hall–Kier alpha value is -8.93. The molecule has 2 N–H and O–H groups in total. The Bertz CT molecular complexity index is 4360. The van der Waals surface area contributed by atoms with E-state index in [1.807, 2.05) is 121 Å². The van der Waals surface area contributed by atoms with Gasteiger partial charge in [-0.1, -0.05) is 72.8 Å². The van der Waals surface area contributed by atoms with Crippen LogP contribution in [-0.4, -0.2) is 124 Å². The Balaban J connectivity index is 0.00000384. The van der Waals surface area contributed by atoms with E-state index < -0.39 is 0 Å². The van der Waals surface area contributed by atoms with Crippen LogP contribution in [0.3, 0.4) is 0 Å². The summed E-state index contributed by atoms with van der Waals surface area (Å²) in [6.45, 7) is 0. The van der Waals surface area contributed by atoms with Gasteiger partial charge in [-0.3, -0.25) is 17.9 Å². The molecule has 0 saturated heterocycles. The molecule has 3 aromatic heterocycles. The second-order valence-corrected chi connectivity index (χ2v) is 24.8. The first-order chi connectivity index (χ1) is 40.1. The molecule has 426 valence electrons. The van der Waals surface area contributed by atoms with Crippen LogP contribution in [0.1, 0.15) is 0 Å². The molecule has 0 spiro atoms. The fourth-order valence-corrected chi connectivity index (χ4v) is 10.6. The number of rotatable bonds is 12. The Morgan fingerprint density at radius 2 is 0.581 bits per heavy atom. The van der Waals surface area contributed by atoms with Gasteiger partial charge in [-0.15, -0.1) is 12.4 Å². The average molecular weight is 1220 g/mol. The van der Waals surface area contributed by atoms with Crippen LogP contribution < -0.4 is 36.9 Å².